The zero-order chi connectivity index (χ0) is 15.1. The first kappa shape index (κ1) is 13.3. The van der Waals surface area contributed by atoms with Crippen LogP contribution in [0.1, 0.15) is 17.6 Å². The Morgan fingerprint density at radius 2 is 2.32 bits per heavy atom. The number of carbonyl (C=O) groups is 1. The van der Waals surface area contributed by atoms with Gasteiger partial charge in [0.2, 0.25) is 0 Å². The lowest BCUT2D eigenvalue weighted by molar-refractivity contribution is 0.0895. The number of carbonyl (C=O) groups excluding carboxylic acids is 1. The Bertz CT molecular complexity index is 687. The van der Waals surface area contributed by atoms with Gasteiger partial charge >= 0.3 is 6.03 Å². The van der Waals surface area contributed by atoms with Crippen LogP contribution in [0.25, 0.3) is 0 Å². The fourth-order valence-electron chi connectivity index (χ4n) is 2.93. The summed E-state index contributed by atoms with van der Waals surface area (Å²) in [6.07, 6.45) is 5.42. The first-order valence-electron chi connectivity index (χ1n) is 7.42. The molecule has 4 heterocycles. The van der Waals surface area contributed by atoms with Gasteiger partial charge in [-0.2, -0.15) is 5.10 Å². The molecular formula is C14H18N6O2. The van der Waals surface area contributed by atoms with E-state index < -0.39 is 0 Å². The third-order valence-corrected chi connectivity index (χ3v) is 4.12. The predicted molar refractivity (Wildman–Crippen MR) is 78.5 cm³/mol. The molecule has 1 N–H and O–H groups in total. The average molecular weight is 302 g/mol. The SMILES string of the molecule is Cc1nc(CN2CC(n3cc(N4CCNC4=O)cn3)C2)co1. The molecular weight excluding hydrogens is 284 g/mol. The molecule has 2 fully saturated rings. The minimum absolute atomic E-state index is 0.0452. The molecule has 4 rings (SSSR count). The van der Waals surface area contributed by atoms with Crippen molar-refractivity contribution in [3.63, 3.8) is 0 Å². The van der Waals surface area contributed by atoms with Crippen molar-refractivity contribution in [2.24, 2.45) is 0 Å². The van der Waals surface area contributed by atoms with E-state index in [1.807, 2.05) is 17.8 Å². The molecule has 0 unspecified atom stereocenters. The van der Waals surface area contributed by atoms with Crippen LogP contribution in [-0.2, 0) is 6.54 Å². The molecule has 0 saturated carbocycles. The van der Waals surface area contributed by atoms with Crippen LogP contribution < -0.4 is 10.2 Å². The number of oxazole rings is 1. The molecule has 8 heteroatoms. The van der Waals surface area contributed by atoms with Gasteiger partial charge in [-0.05, 0) is 0 Å². The Morgan fingerprint density at radius 3 is 3.00 bits per heavy atom. The zero-order valence-electron chi connectivity index (χ0n) is 12.4. The summed E-state index contributed by atoms with van der Waals surface area (Å²) < 4.78 is 7.17. The summed E-state index contributed by atoms with van der Waals surface area (Å²) in [7, 11) is 0. The van der Waals surface area contributed by atoms with Crippen molar-refractivity contribution in [2.75, 3.05) is 31.1 Å². The molecule has 116 valence electrons. The average Bonchev–Trinajstić information content (AvgIpc) is 3.14. The monoisotopic (exact) mass is 302 g/mol. The molecule has 0 atom stereocenters. The van der Waals surface area contributed by atoms with Crippen molar-refractivity contribution >= 4 is 11.7 Å². The highest BCUT2D eigenvalue weighted by Gasteiger charge is 2.30. The van der Waals surface area contributed by atoms with E-state index >= 15 is 0 Å². The van der Waals surface area contributed by atoms with Crippen molar-refractivity contribution in [1.29, 1.82) is 0 Å². The lowest BCUT2D eigenvalue weighted by Crippen LogP contribution is -2.47. The van der Waals surface area contributed by atoms with E-state index in [0.29, 0.717) is 25.0 Å². The second-order valence-corrected chi connectivity index (χ2v) is 5.77. The van der Waals surface area contributed by atoms with Crippen molar-refractivity contribution < 1.29 is 9.21 Å². The van der Waals surface area contributed by atoms with Gasteiger partial charge in [0.25, 0.3) is 0 Å². The first-order chi connectivity index (χ1) is 10.7. The number of anilines is 1. The Kier molecular flexibility index (Phi) is 3.11. The van der Waals surface area contributed by atoms with Gasteiger partial charge in [-0.3, -0.25) is 14.5 Å². The van der Waals surface area contributed by atoms with E-state index in [1.54, 1.807) is 17.4 Å². The first-order valence-corrected chi connectivity index (χ1v) is 7.42. The third kappa shape index (κ3) is 2.35. The second-order valence-electron chi connectivity index (χ2n) is 5.77. The number of urea groups is 1. The summed E-state index contributed by atoms with van der Waals surface area (Å²) in [4.78, 5) is 20.0. The van der Waals surface area contributed by atoms with E-state index in [-0.39, 0.29) is 6.03 Å². The minimum Gasteiger partial charge on any atom is -0.449 e. The number of amides is 2. The van der Waals surface area contributed by atoms with Crippen molar-refractivity contribution in [3.05, 3.63) is 30.2 Å². The molecule has 22 heavy (non-hydrogen) atoms. The third-order valence-electron chi connectivity index (χ3n) is 4.12. The van der Waals surface area contributed by atoms with Crippen LogP contribution in [0.2, 0.25) is 0 Å². The molecule has 0 bridgehead atoms. The minimum atomic E-state index is -0.0452. The fraction of sp³-hybridized carbons (Fsp3) is 0.500. The summed E-state index contributed by atoms with van der Waals surface area (Å²) in [6, 6.07) is 0.309. The number of hydrogen-bond acceptors (Lipinski definition) is 5. The van der Waals surface area contributed by atoms with Gasteiger partial charge in [-0.1, -0.05) is 0 Å². The molecule has 8 nitrogen and oxygen atoms in total. The molecule has 2 amide bonds. The smallest absolute Gasteiger partial charge is 0.322 e. The van der Waals surface area contributed by atoms with Gasteiger partial charge in [0, 0.05) is 45.8 Å². The lowest BCUT2D eigenvalue weighted by Gasteiger charge is -2.38. The van der Waals surface area contributed by atoms with Crippen LogP contribution in [0.3, 0.4) is 0 Å². The normalized spacial score (nSPS) is 19.5. The van der Waals surface area contributed by atoms with Crippen molar-refractivity contribution in [2.45, 2.75) is 19.5 Å². The van der Waals surface area contributed by atoms with Crippen LogP contribution in [0.5, 0.6) is 0 Å². The summed E-state index contributed by atoms with van der Waals surface area (Å²) in [6.45, 7) is 5.91. The van der Waals surface area contributed by atoms with Gasteiger partial charge in [0.1, 0.15) is 6.26 Å². The van der Waals surface area contributed by atoms with E-state index in [9.17, 15) is 4.79 Å². The topological polar surface area (TPSA) is 79.4 Å². The summed E-state index contributed by atoms with van der Waals surface area (Å²) >= 11 is 0. The maximum Gasteiger partial charge on any atom is 0.322 e. The molecule has 2 aliphatic rings. The van der Waals surface area contributed by atoms with E-state index in [4.69, 9.17) is 4.42 Å². The highest BCUT2D eigenvalue weighted by molar-refractivity contribution is 5.93. The van der Waals surface area contributed by atoms with Crippen molar-refractivity contribution in [3.8, 4) is 0 Å². The number of aryl methyl sites for hydroxylation is 1. The van der Waals surface area contributed by atoms with E-state index in [2.05, 4.69) is 20.3 Å². The Labute approximate surface area is 127 Å². The van der Waals surface area contributed by atoms with Crippen LogP contribution >= 0.6 is 0 Å². The molecule has 2 aliphatic heterocycles. The molecule has 2 aromatic rings. The van der Waals surface area contributed by atoms with Crippen LogP contribution in [-0.4, -0.2) is 51.9 Å². The summed E-state index contributed by atoms with van der Waals surface area (Å²) in [5.74, 6) is 0.702. The lowest BCUT2D eigenvalue weighted by atomic mass is 10.1. The standard InChI is InChI=1S/C14H18N6O2/c1-10-17-11(9-22-10)5-18-6-13(7-18)20-8-12(4-16-20)19-3-2-15-14(19)21/h4,8-9,13H,2-3,5-7H2,1H3,(H,15,21). The van der Waals surface area contributed by atoms with Gasteiger partial charge in [-0.25, -0.2) is 9.78 Å². The summed E-state index contributed by atoms with van der Waals surface area (Å²) in [5, 5.41) is 7.19. The number of nitrogens with zero attached hydrogens (tertiary/aromatic N) is 5. The second kappa shape index (κ2) is 5.13. The highest BCUT2D eigenvalue weighted by Crippen LogP contribution is 2.25. The highest BCUT2D eigenvalue weighted by atomic mass is 16.3. The Hall–Kier alpha value is -2.35. The largest absolute Gasteiger partial charge is 0.449 e. The van der Waals surface area contributed by atoms with Crippen LogP contribution in [0.15, 0.2) is 23.1 Å². The van der Waals surface area contributed by atoms with E-state index in [0.717, 1.165) is 31.0 Å². The molecule has 0 aliphatic carbocycles. The van der Waals surface area contributed by atoms with Gasteiger partial charge < -0.3 is 9.73 Å². The number of nitrogens with one attached hydrogen (secondary N) is 1. The van der Waals surface area contributed by atoms with Crippen LogP contribution in [0, 0.1) is 6.92 Å². The number of likely N-dealkylation sites (tertiary alicyclic amines) is 1. The molecule has 0 aromatic carbocycles. The molecule has 2 saturated heterocycles. The van der Waals surface area contributed by atoms with E-state index in [1.165, 1.54) is 0 Å². The van der Waals surface area contributed by atoms with Gasteiger partial charge in [0.05, 0.1) is 23.6 Å². The number of aromatic nitrogens is 3. The van der Waals surface area contributed by atoms with Gasteiger partial charge in [-0.15, -0.1) is 0 Å². The molecule has 0 spiro atoms. The Balaban J connectivity index is 1.35. The zero-order valence-corrected chi connectivity index (χ0v) is 12.4. The quantitative estimate of drug-likeness (QED) is 0.902. The predicted octanol–water partition coefficient (Wildman–Crippen LogP) is 0.766. The van der Waals surface area contributed by atoms with Crippen LogP contribution in [0.4, 0.5) is 10.5 Å². The Morgan fingerprint density at radius 1 is 1.45 bits per heavy atom. The summed E-state index contributed by atoms with van der Waals surface area (Å²) in [5.41, 5.74) is 1.83. The molecule has 2 aromatic heterocycles. The van der Waals surface area contributed by atoms with Gasteiger partial charge in [0.15, 0.2) is 5.89 Å². The molecule has 0 radical (unpaired) electrons. The maximum atomic E-state index is 11.6. The fourth-order valence-corrected chi connectivity index (χ4v) is 2.93. The number of rotatable bonds is 4. The number of hydrogen-bond donors (Lipinski definition) is 1. The maximum absolute atomic E-state index is 11.6. The van der Waals surface area contributed by atoms with Crippen molar-refractivity contribution in [1.82, 2.24) is 25.0 Å².